The third kappa shape index (κ3) is 2.30. The number of non-ortho nitro benzene ring substituents is 1. The van der Waals surface area contributed by atoms with Crippen LogP contribution in [0.1, 0.15) is 10.4 Å². The molecular formula is C8H5BrFNO4. The van der Waals surface area contributed by atoms with Gasteiger partial charge in [-0.3, -0.25) is 10.1 Å². The van der Waals surface area contributed by atoms with Crippen molar-refractivity contribution in [2.24, 2.45) is 0 Å². The maximum atomic E-state index is 13.1. The van der Waals surface area contributed by atoms with E-state index in [2.05, 4.69) is 20.7 Å². The van der Waals surface area contributed by atoms with Gasteiger partial charge in [-0.15, -0.1) is 0 Å². The highest BCUT2D eigenvalue weighted by Gasteiger charge is 2.20. The standard InChI is InChI=1S/C8H5BrFNO4/c1-15-8(12)5-2-4(11(13)14)3-6(10)7(5)9/h2-3H,1H3. The number of nitro benzene ring substituents is 1. The fourth-order valence-electron chi connectivity index (χ4n) is 0.939. The topological polar surface area (TPSA) is 69.4 Å². The van der Waals surface area contributed by atoms with Gasteiger partial charge in [-0.25, -0.2) is 9.18 Å². The number of rotatable bonds is 2. The van der Waals surface area contributed by atoms with Crippen molar-refractivity contribution in [3.63, 3.8) is 0 Å². The fraction of sp³-hybridized carbons (Fsp3) is 0.125. The Morgan fingerprint density at radius 3 is 2.67 bits per heavy atom. The first-order chi connectivity index (χ1) is 6.97. The summed E-state index contributed by atoms with van der Waals surface area (Å²) in [5.74, 6) is -1.73. The number of ether oxygens (including phenoxy) is 1. The predicted molar refractivity (Wildman–Crippen MR) is 52.1 cm³/mol. The highest BCUT2D eigenvalue weighted by molar-refractivity contribution is 9.10. The zero-order valence-corrected chi connectivity index (χ0v) is 9.08. The Morgan fingerprint density at radius 2 is 2.20 bits per heavy atom. The predicted octanol–water partition coefficient (Wildman–Crippen LogP) is 2.28. The quantitative estimate of drug-likeness (QED) is 0.472. The molecule has 0 aromatic heterocycles. The lowest BCUT2D eigenvalue weighted by molar-refractivity contribution is -0.385. The lowest BCUT2D eigenvalue weighted by Crippen LogP contribution is -2.04. The summed E-state index contributed by atoms with van der Waals surface area (Å²) in [5.41, 5.74) is -0.722. The summed E-state index contributed by atoms with van der Waals surface area (Å²) in [6.07, 6.45) is 0. The Labute approximate surface area is 92.1 Å². The van der Waals surface area contributed by atoms with Crippen LogP contribution in [0.25, 0.3) is 0 Å². The molecule has 0 radical (unpaired) electrons. The summed E-state index contributed by atoms with van der Waals surface area (Å²) in [6.45, 7) is 0. The first-order valence-electron chi connectivity index (χ1n) is 3.69. The van der Waals surface area contributed by atoms with E-state index in [-0.39, 0.29) is 10.0 Å². The van der Waals surface area contributed by atoms with Crippen LogP contribution in [-0.2, 0) is 4.74 Å². The number of hydrogen-bond acceptors (Lipinski definition) is 4. The number of carbonyl (C=O) groups is 1. The number of methoxy groups -OCH3 is 1. The summed E-state index contributed by atoms with van der Waals surface area (Å²) in [7, 11) is 1.10. The summed E-state index contributed by atoms with van der Waals surface area (Å²) in [6, 6.07) is 1.66. The van der Waals surface area contributed by atoms with Gasteiger partial charge in [0.15, 0.2) is 0 Å². The first kappa shape index (κ1) is 11.6. The summed E-state index contributed by atoms with van der Waals surface area (Å²) < 4.78 is 17.3. The monoisotopic (exact) mass is 277 g/mol. The van der Waals surface area contributed by atoms with Gasteiger partial charge in [0, 0.05) is 6.07 Å². The Morgan fingerprint density at radius 1 is 1.60 bits per heavy atom. The largest absolute Gasteiger partial charge is 0.465 e. The van der Waals surface area contributed by atoms with E-state index in [1.165, 1.54) is 0 Å². The molecule has 1 aromatic carbocycles. The molecule has 0 saturated carbocycles. The van der Waals surface area contributed by atoms with E-state index >= 15 is 0 Å². The zero-order valence-electron chi connectivity index (χ0n) is 7.49. The number of nitro groups is 1. The van der Waals surface area contributed by atoms with Crippen molar-refractivity contribution in [1.82, 2.24) is 0 Å². The summed E-state index contributed by atoms with van der Waals surface area (Å²) in [4.78, 5) is 20.7. The second-order valence-corrected chi connectivity index (χ2v) is 3.33. The lowest BCUT2D eigenvalue weighted by atomic mass is 10.2. The van der Waals surface area contributed by atoms with Crippen molar-refractivity contribution in [2.45, 2.75) is 0 Å². The second kappa shape index (κ2) is 4.35. The van der Waals surface area contributed by atoms with Gasteiger partial charge >= 0.3 is 5.97 Å². The lowest BCUT2D eigenvalue weighted by Gasteiger charge is -2.03. The molecule has 0 heterocycles. The van der Waals surface area contributed by atoms with E-state index in [1.54, 1.807) is 0 Å². The fourth-order valence-corrected chi connectivity index (χ4v) is 1.33. The summed E-state index contributed by atoms with van der Waals surface area (Å²) in [5, 5.41) is 10.4. The first-order valence-corrected chi connectivity index (χ1v) is 4.48. The molecule has 80 valence electrons. The van der Waals surface area contributed by atoms with Gasteiger partial charge in [0.05, 0.1) is 28.1 Å². The van der Waals surface area contributed by atoms with Crippen molar-refractivity contribution in [1.29, 1.82) is 0 Å². The van der Waals surface area contributed by atoms with Crippen LogP contribution in [0.3, 0.4) is 0 Å². The minimum absolute atomic E-state index is 0.153. The van der Waals surface area contributed by atoms with E-state index in [9.17, 15) is 19.3 Å². The molecule has 5 nitrogen and oxygen atoms in total. The molecule has 0 aliphatic heterocycles. The van der Waals surface area contributed by atoms with Crippen LogP contribution >= 0.6 is 15.9 Å². The van der Waals surface area contributed by atoms with Gasteiger partial charge in [0.1, 0.15) is 5.82 Å². The molecule has 0 aliphatic rings. The van der Waals surface area contributed by atoms with Crippen LogP contribution in [-0.4, -0.2) is 18.0 Å². The minimum Gasteiger partial charge on any atom is -0.465 e. The van der Waals surface area contributed by atoms with Crippen molar-refractivity contribution in [3.8, 4) is 0 Å². The smallest absolute Gasteiger partial charge is 0.339 e. The molecule has 0 N–H and O–H groups in total. The van der Waals surface area contributed by atoms with Crippen molar-refractivity contribution < 1.29 is 18.8 Å². The molecule has 1 aromatic rings. The molecule has 0 saturated heterocycles. The molecule has 0 fully saturated rings. The number of hydrogen-bond donors (Lipinski definition) is 0. The molecule has 1 rings (SSSR count). The third-order valence-electron chi connectivity index (χ3n) is 1.63. The van der Waals surface area contributed by atoms with E-state index in [1.807, 2.05) is 0 Å². The Kier molecular flexibility index (Phi) is 3.35. The van der Waals surface area contributed by atoms with Gasteiger partial charge in [-0.05, 0) is 15.9 Å². The number of halogens is 2. The molecule has 15 heavy (non-hydrogen) atoms. The van der Waals surface area contributed by atoms with Gasteiger partial charge in [0.2, 0.25) is 0 Å². The average Bonchev–Trinajstić information content (AvgIpc) is 2.20. The van der Waals surface area contributed by atoms with Crippen molar-refractivity contribution in [3.05, 3.63) is 38.1 Å². The van der Waals surface area contributed by atoms with Crippen LogP contribution < -0.4 is 0 Å². The van der Waals surface area contributed by atoms with Crippen LogP contribution in [0.4, 0.5) is 10.1 Å². The van der Waals surface area contributed by atoms with Gasteiger partial charge in [0.25, 0.3) is 5.69 Å². The SMILES string of the molecule is COC(=O)c1cc([N+](=O)[O-])cc(F)c1Br. The molecule has 0 bridgehead atoms. The van der Waals surface area contributed by atoms with Gasteiger partial charge < -0.3 is 4.74 Å². The third-order valence-corrected chi connectivity index (χ3v) is 2.44. The molecule has 0 unspecified atom stereocenters. The Hall–Kier alpha value is -1.50. The molecule has 0 spiro atoms. The maximum Gasteiger partial charge on any atom is 0.339 e. The van der Waals surface area contributed by atoms with Crippen molar-refractivity contribution >= 4 is 27.6 Å². The molecular weight excluding hydrogens is 273 g/mol. The van der Waals surface area contributed by atoms with Gasteiger partial charge in [-0.1, -0.05) is 0 Å². The van der Waals surface area contributed by atoms with E-state index in [0.717, 1.165) is 19.2 Å². The van der Waals surface area contributed by atoms with Crippen LogP contribution in [0.15, 0.2) is 16.6 Å². The van der Waals surface area contributed by atoms with Gasteiger partial charge in [-0.2, -0.15) is 0 Å². The van der Waals surface area contributed by atoms with Crippen LogP contribution in [0.5, 0.6) is 0 Å². The normalized spacial score (nSPS) is 9.80. The van der Waals surface area contributed by atoms with E-state index in [4.69, 9.17) is 0 Å². The molecule has 0 atom stereocenters. The highest BCUT2D eigenvalue weighted by Crippen LogP contribution is 2.26. The molecule has 7 heteroatoms. The van der Waals surface area contributed by atoms with Crippen molar-refractivity contribution in [2.75, 3.05) is 7.11 Å². The molecule has 0 amide bonds. The number of carbonyl (C=O) groups excluding carboxylic acids is 1. The highest BCUT2D eigenvalue weighted by atomic mass is 79.9. The Balaban J connectivity index is 3.37. The zero-order chi connectivity index (χ0) is 11.6. The second-order valence-electron chi connectivity index (χ2n) is 2.54. The van der Waals surface area contributed by atoms with Crippen LogP contribution in [0.2, 0.25) is 0 Å². The maximum absolute atomic E-state index is 13.1. The Bertz CT molecular complexity index is 435. The van der Waals surface area contributed by atoms with Crippen LogP contribution in [0, 0.1) is 15.9 Å². The average molecular weight is 278 g/mol. The number of benzene rings is 1. The number of esters is 1. The summed E-state index contributed by atoms with van der Waals surface area (Å²) >= 11 is 2.81. The van der Waals surface area contributed by atoms with E-state index in [0.29, 0.717) is 0 Å². The molecule has 0 aliphatic carbocycles. The minimum atomic E-state index is -0.885. The van der Waals surface area contributed by atoms with E-state index < -0.39 is 22.4 Å². The number of nitrogens with zero attached hydrogens (tertiary/aromatic N) is 1.